The summed E-state index contributed by atoms with van der Waals surface area (Å²) in [4.78, 5) is 3.88. The van der Waals surface area contributed by atoms with Gasteiger partial charge in [0.1, 0.15) is 0 Å². The normalized spacial score (nSPS) is 11.3. The molecule has 0 aliphatic rings. The molecule has 0 unspecified atom stereocenters. The first-order valence-corrected chi connectivity index (χ1v) is 17.0. The molecule has 0 saturated carbocycles. The molecule has 0 bridgehead atoms. The fourth-order valence-electron chi connectivity index (χ4n) is 4.40. The number of aromatic nitrogens is 1. The molecule has 0 aromatic carbocycles. The van der Waals surface area contributed by atoms with Crippen molar-refractivity contribution in [2.45, 2.75) is 143 Å². The van der Waals surface area contributed by atoms with E-state index < -0.39 is 7.41 Å². The zero-order valence-corrected chi connectivity index (χ0v) is 24.0. The molecular weight excluding hydrogens is 419 g/mol. The average molecular weight is 480 g/mol. The Labute approximate surface area is 209 Å². The van der Waals surface area contributed by atoms with Crippen LogP contribution in [0.3, 0.4) is 0 Å². The summed E-state index contributed by atoms with van der Waals surface area (Å²) in [5.74, 6) is 0. The van der Waals surface area contributed by atoms with Crippen molar-refractivity contribution < 1.29 is 0 Å². The van der Waals surface area contributed by atoms with Gasteiger partial charge < -0.3 is 0 Å². The first kappa shape index (κ1) is 32.5. The zero-order valence-electron chi connectivity index (χ0n) is 23.1. The number of aryl methyl sites for hydroxylation is 1. The summed E-state index contributed by atoms with van der Waals surface area (Å²) < 4.78 is 0. The van der Waals surface area contributed by atoms with Gasteiger partial charge in [-0.05, 0) is 57.1 Å². The van der Waals surface area contributed by atoms with E-state index in [1.54, 1.807) is 6.20 Å². The summed E-state index contributed by atoms with van der Waals surface area (Å²) in [5.41, 5.74) is 8.24. The molecule has 0 atom stereocenters. The summed E-state index contributed by atoms with van der Waals surface area (Å²) in [6.45, 7) is 8.93. The number of hydrogen-bond acceptors (Lipinski definition) is 2. The van der Waals surface area contributed by atoms with Crippen LogP contribution in [0.2, 0.25) is 0 Å². The molecule has 0 radical (unpaired) electrons. The van der Waals surface area contributed by atoms with Crippen molar-refractivity contribution in [2.75, 3.05) is 18.5 Å². The van der Waals surface area contributed by atoms with Crippen molar-refractivity contribution in [1.82, 2.24) is 4.98 Å². The van der Waals surface area contributed by atoms with Gasteiger partial charge in [-0.3, -0.25) is 4.98 Å². The molecule has 1 aromatic heterocycles. The molecule has 2 N–H and O–H groups in total. The minimum atomic E-state index is -1.14. The predicted octanol–water partition coefficient (Wildman–Crippen LogP) is 10.3. The third-order valence-electron chi connectivity index (χ3n) is 6.68. The number of pyridine rings is 1. The van der Waals surface area contributed by atoms with Crippen LogP contribution in [0.1, 0.15) is 142 Å². The lowest BCUT2D eigenvalue weighted by Gasteiger charge is -2.23. The summed E-state index contributed by atoms with van der Waals surface area (Å²) in [6.07, 6.45) is 33.1. The van der Waals surface area contributed by atoms with E-state index in [-0.39, 0.29) is 0 Å². The van der Waals surface area contributed by atoms with Crippen LogP contribution in [0.15, 0.2) is 24.5 Å². The van der Waals surface area contributed by atoms with E-state index in [4.69, 9.17) is 5.50 Å². The molecule has 0 spiro atoms. The largest absolute Gasteiger partial charge is 0.264 e. The molecular formula is C30H60N2P+. The summed E-state index contributed by atoms with van der Waals surface area (Å²) in [5, 5.41) is 0. The van der Waals surface area contributed by atoms with Crippen LogP contribution in [-0.2, 0) is 0 Å². The smallest absolute Gasteiger partial charge is 0.0770 e. The van der Waals surface area contributed by atoms with E-state index in [0.717, 1.165) is 0 Å². The second kappa shape index (κ2) is 24.7. The van der Waals surface area contributed by atoms with Crippen molar-refractivity contribution in [3.63, 3.8) is 0 Å². The first-order chi connectivity index (χ1) is 16.1. The van der Waals surface area contributed by atoms with E-state index >= 15 is 0 Å². The molecule has 1 rings (SSSR count). The van der Waals surface area contributed by atoms with Gasteiger partial charge in [0.15, 0.2) is 0 Å². The maximum Gasteiger partial charge on any atom is 0.0770 e. The molecule has 0 aliphatic carbocycles. The van der Waals surface area contributed by atoms with Crippen LogP contribution in [0, 0.1) is 6.92 Å². The SMILES string of the molecule is CCCCCCCC[P+](N)(CCCCCCCC)CCCCCCCC.Cc1cccnc1. The van der Waals surface area contributed by atoms with Gasteiger partial charge in [0.25, 0.3) is 0 Å². The lowest BCUT2D eigenvalue weighted by atomic mass is 10.1. The van der Waals surface area contributed by atoms with Gasteiger partial charge in [0.05, 0.1) is 25.9 Å². The maximum absolute atomic E-state index is 7.03. The van der Waals surface area contributed by atoms with Crippen molar-refractivity contribution in [2.24, 2.45) is 5.50 Å². The highest BCUT2D eigenvalue weighted by Crippen LogP contribution is 2.53. The van der Waals surface area contributed by atoms with E-state index in [9.17, 15) is 0 Å². The maximum atomic E-state index is 7.03. The number of hydrogen-bond donors (Lipinski definition) is 1. The third kappa shape index (κ3) is 23.1. The van der Waals surface area contributed by atoms with E-state index in [0.29, 0.717) is 0 Å². The topological polar surface area (TPSA) is 38.9 Å². The molecule has 0 amide bonds. The van der Waals surface area contributed by atoms with Crippen molar-refractivity contribution in [3.8, 4) is 0 Å². The van der Waals surface area contributed by atoms with Crippen LogP contribution >= 0.6 is 7.41 Å². The van der Waals surface area contributed by atoms with Gasteiger partial charge in [-0.25, -0.2) is 5.50 Å². The number of nitrogens with zero attached hydrogens (tertiary/aromatic N) is 1. The highest BCUT2D eigenvalue weighted by atomic mass is 31.2. The zero-order chi connectivity index (χ0) is 24.5. The molecule has 0 fully saturated rings. The fourth-order valence-corrected chi connectivity index (χ4v) is 7.64. The number of rotatable bonds is 21. The van der Waals surface area contributed by atoms with E-state index in [1.165, 1.54) is 140 Å². The quantitative estimate of drug-likeness (QED) is 0.141. The van der Waals surface area contributed by atoms with E-state index in [1.807, 2.05) is 25.3 Å². The predicted molar refractivity (Wildman–Crippen MR) is 155 cm³/mol. The van der Waals surface area contributed by atoms with Gasteiger partial charge in [0.2, 0.25) is 0 Å². The van der Waals surface area contributed by atoms with E-state index in [2.05, 4.69) is 25.8 Å². The second-order valence-electron chi connectivity index (χ2n) is 10.2. The van der Waals surface area contributed by atoms with Crippen molar-refractivity contribution in [1.29, 1.82) is 0 Å². The van der Waals surface area contributed by atoms with Crippen LogP contribution in [0.4, 0.5) is 0 Å². The fraction of sp³-hybridized carbons (Fsp3) is 0.833. The van der Waals surface area contributed by atoms with Crippen LogP contribution in [0.25, 0.3) is 0 Å². The highest BCUT2D eigenvalue weighted by Gasteiger charge is 2.30. The summed E-state index contributed by atoms with van der Waals surface area (Å²) in [6, 6.07) is 3.95. The Kier molecular flexibility index (Phi) is 24.3. The minimum Gasteiger partial charge on any atom is -0.264 e. The molecule has 0 aliphatic heterocycles. The summed E-state index contributed by atoms with van der Waals surface area (Å²) in [7, 11) is -1.14. The van der Waals surface area contributed by atoms with Gasteiger partial charge in [-0.1, -0.05) is 104 Å². The second-order valence-corrected chi connectivity index (χ2v) is 14.0. The first-order valence-electron chi connectivity index (χ1n) is 14.6. The van der Waals surface area contributed by atoms with Crippen LogP contribution < -0.4 is 5.50 Å². The number of nitrogens with two attached hydrogens (primary N) is 1. The average Bonchev–Trinajstić information content (AvgIpc) is 2.82. The summed E-state index contributed by atoms with van der Waals surface area (Å²) >= 11 is 0. The van der Waals surface area contributed by atoms with Gasteiger partial charge >= 0.3 is 0 Å². The molecule has 1 aromatic rings. The molecule has 0 saturated heterocycles. The lowest BCUT2D eigenvalue weighted by molar-refractivity contribution is 0.615. The molecule has 2 nitrogen and oxygen atoms in total. The standard InChI is InChI=1S/C24H53NP.C6H7N/c1-4-7-10-13-16-19-22-26(25,23-20-17-14-11-8-5-2)24-21-18-15-12-9-6-3;1-6-3-2-4-7-5-6/h4-25H2,1-3H3;2-5H,1H3/q+1;. The molecule has 194 valence electrons. The Morgan fingerprint density at radius 2 is 0.970 bits per heavy atom. The molecule has 1 heterocycles. The third-order valence-corrected chi connectivity index (χ3v) is 10.3. The van der Waals surface area contributed by atoms with Gasteiger partial charge in [-0.2, -0.15) is 0 Å². The van der Waals surface area contributed by atoms with Crippen LogP contribution in [0.5, 0.6) is 0 Å². The van der Waals surface area contributed by atoms with Crippen molar-refractivity contribution >= 4 is 7.41 Å². The highest BCUT2D eigenvalue weighted by molar-refractivity contribution is 7.73. The Morgan fingerprint density at radius 3 is 1.24 bits per heavy atom. The van der Waals surface area contributed by atoms with Gasteiger partial charge in [0, 0.05) is 12.4 Å². The molecule has 33 heavy (non-hydrogen) atoms. The Hall–Kier alpha value is -0.460. The number of unbranched alkanes of at least 4 members (excludes halogenated alkanes) is 15. The van der Waals surface area contributed by atoms with Gasteiger partial charge in [-0.15, -0.1) is 0 Å². The Balaban J connectivity index is 0.00000123. The van der Waals surface area contributed by atoms with Crippen LogP contribution in [-0.4, -0.2) is 23.5 Å². The minimum absolute atomic E-state index is 1.14. The molecule has 3 heteroatoms. The monoisotopic (exact) mass is 479 g/mol. The lowest BCUT2D eigenvalue weighted by Crippen LogP contribution is -2.17. The Morgan fingerprint density at radius 1 is 0.606 bits per heavy atom. The Bertz CT molecular complexity index is 451. The van der Waals surface area contributed by atoms with Crippen molar-refractivity contribution in [3.05, 3.63) is 30.1 Å².